The molecular weight excluding hydrogens is 444 g/mol. The van der Waals surface area contributed by atoms with E-state index in [1.165, 1.54) is 17.3 Å². The van der Waals surface area contributed by atoms with Crippen molar-refractivity contribution in [3.8, 4) is 0 Å². The number of hydrogen-bond acceptors (Lipinski definition) is 3. The smallest absolute Gasteiger partial charge is 0.270 e. The largest absolute Gasteiger partial charge is 0.342 e. The molecule has 5 rings (SSSR count). The molecule has 0 saturated carbocycles. The fourth-order valence-corrected chi connectivity index (χ4v) is 5.14. The van der Waals surface area contributed by atoms with Gasteiger partial charge in [-0.05, 0) is 42.0 Å². The van der Waals surface area contributed by atoms with Gasteiger partial charge in [0, 0.05) is 34.2 Å². The molecule has 152 valence electrons. The van der Waals surface area contributed by atoms with Crippen LogP contribution < -0.4 is 4.90 Å². The van der Waals surface area contributed by atoms with Crippen molar-refractivity contribution in [1.29, 1.82) is 0 Å². The van der Waals surface area contributed by atoms with Crippen molar-refractivity contribution in [3.05, 3.63) is 106 Å². The number of anilines is 1. The number of amides is 1. The van der Waals surface area contributed by atoms with Crippen molar-refractivity contribution in [2.45, 2.75) is 6.54 Å². The maximum Gasteiger partial charge on any atom is 0.270 e. The molecular formula is C25H17ClN2OS2. The van der Waals surface area contributed by atoms with Gasteiger partial charge in [-0.2, -0.15) is 0 Å². The fraction of sp³-hybridized carbons (Fsp3) is 0.0400. The van der Waals surface area contributed by atoms with Gasteiger partial charge in [-0.1, -0.05) is 84.1 Å². The molecule has 0 radical (unpaired) electrons. The topological polar surface area (TPSA) is 25.2 Å². The molecule has 1 aliphatic rings. The van der Waals surface area contributed by atoms with E-state index in [1.807, 2.05) is 48.5 Å². The third kappa shape index (κ3) is 3.92. The Balaban J connectivity index is 1.52. The van der Waals surface area contributed by atoms with E-state index in [9.17, 15) is 4.79 Å². The normalized spacial score (nSPS) is 15.4. The summed E-state index contributed by atoms with van der Waals surface area (Å²) in [6.07, 6.45) is 4.05. The van der Waals surface area contributed by atoms with Gasteiger partial charge in [0.05, 0.1) is 10.6 Å². The van der Waals surface area contributed by atoms with Crippen LogP contribution in [0.2, 0.25) is 5.02 Å². The molecule has 3 nitrogen and oxygen atoms in total. The Morgan fingerprint density at radius 1 is 0.935 bits per heavy atom. The Hall–Kier alpha value is -2.86. The number of hydrogen-bond donors (Lipinski definition) is 0. The number of thioether (sulfide) groups is 1. The van der Waals surface area contributed by atoms with Gasteiger partial charge in [0.15, 0.2) is 4.32 Å². The van der Waals surface area contributed by atoms with Crippen molar-refractivity contribution in [2.75, 3.05) is 4.90 Å². The average Bonchev–Trinajstić information content (AvgIpc) is 3.26. The summed E-state index contributed by atoms with van der Waals surface area (Å²) in [5.74, 6) is -0.114. The standard InChI is InChI=1S/C25H17ClN2OS2/c26-19-10-12-20(13-11-19)28-24(29)23(31-25(28)30)14-18-16-27(15-17-6-2-1-3-7-17)22-9-5-4-8-21(18)22/h1-14,16H,15H2/b23-14-. The van der Waals surface area contributed by atoms with Crippen LogP contribution in [-0.4, -0.2) is 14.8 Å². The molecule has 1 aromatic heterocycles. The van der Waals surface area contributed by atoms with Crippen LogP contribution in [-0.2, 0) is 11.3 Å². The van der Waals surface area contributed by atoms with Gasteiger partial charge in [0.2, 0.25) is 0 Å². The molecule has 3 aromatic carbocycles. The van der Waals surface area contributed by atoms with Crippen LogP contribution in [0.3, 0.4) is 0 Å². The maximum atomic E-state index is 13.1. The Bertz CT molecular complexity index is 1330. The number of benzene rings is 3. The molecule has 31 heavy (non-hydrogen) atoms. The van der Waals surface area contributed by atoms with Crippen molar-refractivity contribution in [1.82, 2.24) is 4.57 Å². The highest BCUT2D eigenvalue weighted by Crippen LogP contribution is 2.37. The number of para-hydroxylation sites is 1. The van der Waals surface area contributed by atoms with Crippen LogP contribution in [0, 0.1) is 0 Å². The van der Waals surface area contributed by atoms with Crippen LogP contribution in [0.4, 0.5) is 5.69 Å². The zero-order valence-corrected chi connectivity index (χ0v) is 18.8. The number of thiocarbonyl (C=S) groups is 1. The number of carbonyl (C=O) groups is 1. The minimum absolute atomic E-state index is 0.114. The summed E-state index contributed by atoms with van der Waals surface area (Å²) in [5.41, 5.74) is 4.08. The van der Waals surface area contributed by atoms with Crippen molar-refractivity contribution in [3.63, 3.8) is 0 Å². The predicted octanol–water partition coefficient (Wildman–Crippen LogP) is 6.75. The van der Waals surface area contributed by atoms with Crippen LogP contribution in [0.1, 0.15) is 11.1 Å². The molecule has 4 aromatic rings. The van der Waals surface area contributed by atoms with E-state index in [0.717, 1.165) is 28.7 Å². The second-order valence-corrected chi connectivity index (χ2v) is 9.32. The molecule has 0 unspecified atom stereocenters. The van der Waals surface area contributed by atoms with Gasteiger partial charge in [-0.25, -0.2) is 0 Å². The monoisotopic (exact) mass is 460 g/mol. The third-order valence-corrected chi connectivity index (χ3v) is 6.73. The number of aromatic nitrogens is 1. The first kappa shape index (κ1) is 20.1. The highest BCUT2D eigenvalue weighted by atomic mass is 35.5. The lowest BCUT2D eigenvalue weighted by Crippen LogP contribution is -2.27. The SMILES string of the molecule is O=C1/C(=C/c2cn(Cc3ccccc3)c3ccccc23)SC(=S)N1c1ccc(Cl)cc1. The minimum Gasteiger partial charge on any atom is -0.342 e. The lowest BCUT2D eigenvalue weighted by molar-refractivity contribution is -0.113. The van der Waals surface area contributed by atoms with E-state index in [-0.39, 0.29) is 5.91 Å². The molecule has 6 heteroatoms. The minimum atomic E-state index is -0.114. The predicted molar refractivity (Wildman–Crippen MR) is 135 cm³/mol. The number of fused-ring (bicyclic) bond motifs is 1. The summed E-state index contributed by atoms with van der Waals surface area (Å²) >= 11 is 12.8. The first-order valence-electron chi connectivity index (χ1n) is 9.75. The molecule has 0 aliphatic carbocycles. The van der Waals surface area contributed by atoms with E-state index in [2.05, 4.69) is 35.0 Å². The van der Waals surface area contributed by atoms with Gasteiger partial charge in [-0.15, -0.1) is 0 Å². The maximum absolute atomic E-state index is 13.1. The van der Waals surface area contributed by atoms with Crippen LogP contribution in [0.15, 0.2) is 90.0 Å². The van der Waals surface area contributed by atoms with Gasteiger partial charge >= 0.3 is 0 Å². The second-order valence-electron chi connectivity index (χ2n) is 7.21. The first-order chi connectivity index (χ1) is 15.1. The summed E-state index contributed by atoms with van der Waals surface area (Å²) < 4.78 is 2.74. The Morgan fingerprint density at radius 3 is 2.42 bits per heavy atom. The van der Waals surface area contributed by atoms with E-state index < -0.39 is 0 Å². The summed E-state index contributed by atoms with van der Waals surface area (Å²) in [7, 11) is 0. The summed E-state index contributed by atoms with van der Waals surface area (Å²) in [5, 5.41) is 1.73. The van der Waals surface area contributed by atoms with Crippen molar-refractivity contribution < 1.29 is 4.79 Å². The molecule has 1 saturated heterocycles. The van der Waals surface area contributed by atoms with E-state index >= 15 is 0 Å². The zero-order chi connectivity index (χ0) is 21.4. The number of carbonyl (C=O) groups excluding carboxylic acids is 1. The molecule has 0 N–H and O–H groups in total. The molecule has 1 amide bonds. The fourth-order valence-electron chi connectivity index (χ4n) is 3.72. The van der Waals surface area contributed by atoms with E-state index in [0.29, 0.717) is 14.2 Å². The van der Waals surface area contributed by atoms with Gasteiger partial charge in [0.1, 0.15) is 0 Å². The molecule has 2 heterocycles. The highest BCUT2D eigenvalue weighted by Gasteiger charge is 2.33. The highest BCUT2D eigenvalue weighted by molar-refractivity contribution is 8.27. The third-order valence-electron chi connectivity index (χ3n) is 5.18. The molecule has 1 fully saturated rings. The quantitative estimate of drug-likeness (QED) is 0.249. The second kappa shape index (κ2) is 8.35. The summed E-state index contributed by atoms with van der Waals surface area (Å²) in [6, 6.07) is 25.7. The summed E-state index contributed by atoms with van der Waals surface area (Å²) in [4.78, 5) is 15.3. The zero-order valence-electron chi connectivity index (χ0n) is 16.4. The number of halogens is 1. The first-order valence-corrected chi connectivity index (χ1v) is 11.4. The number of rotatable bonds is 4. The number of nitrogens with zero attached hydrogens (tertiary/aromatic N) is 2. The molecule has 0 bridgehead atoms. The Labute approximate surface area is 194 Å². The van der Waals surface area contributed by atoms with Gasteiger partial charge < -0.3 is 4.57 Å². The Morgan fingerprint density at radius 2 is 1.65 bits per heavy atom. The van der Waals surface area contributed by atoms with Crippen LogP contribution in [0.25, 0.3) is 17.0 Å². The molecule has 1 aliphatic heterocycles. The van der Waals surface area contributed by atoms with Crippen molar-refractivity contribution in [2.24, 2.45) is 0 Å². The van der Waals surface area contributed by atoms with Gasteiger partial charge in [0.25, 0.3) is 5.91 Å². The lowest BCUT2D eigenvalue weighted by atomic mass is 10.1. The lowest BCUT2D eigenvalue weighted by Gasteiger charge is -2.14. The van der Waals surface area contributed by atoms with E-state index in [1.54, 1.807) is 17.0 Å². The van der Waals surface area contributed by atoms with Crippen LogP contribution >= 0.6 is 35.6 Å². The molecule has 0 spiro atoms. The average molecular weight is 461 g/mol. The van der Waals surface area contributed by atoms with Crippen molar-refractivity contribution >= 4 is 68.5 Å². The van der Waals surface area contributed by atoms with Gasteiger partial charge in [-0.3, -0.25) is 9.69 Å². The summed E-state index contributed by atoms with van der Waals surface area (Å²) in [6.45, 7) is 0.765. The van der Waals surface area contributed by atoms with Crippen LogP contribution in [0.5, 0.6) is 0 Å². The molecule has 0 atom stereocenters. The Kier molecular flexibility index (Phi) is 5.40. The van der Waals surface area contributed by atoms with E-state index in [4.69, 9.17) is 23.8 Å².